The van der Waals surface area contributed by atoms with Crippen molar-refractivity contribution in [2.45, 2.75) is 66.2 Å². The van der Waals surface area contributed by atoms with Gasteiger partial charge in [-0.3, -0.25) is 4.98 Å². The molecule has 0 amide bonds. The molecule has 0 atom stereocenters. The Morgan fingerprint density at radius 1 is 0.792 bits per heavy atom. The molecule has 0 spiro atoms. The maximum Gasteiger partial charge on any atom is 0.141 e. The summed E-state index contributed by atoms with van der Waals surface area (Å²) in [7, 11) is -1.34. The van der Waals surface area contributed by atoms with Gasteiger partial charge in [0.25, 0.3) is 0 Å². The number of rotatable bonds is 8. The van der Waals surface area contributed by atoms with Gasteiger partial charge in [-0.05, 0) is 70.0 Å². The maximum absolute atomic E-state index is 6.05. The van der Waals surface area contributed by atoms with Gasteiger partial charge < -0.3 is 19.0 Å². The normalized spacial score (nSPS) is 11.6. The molecule has 0 bridgehead atoms. The molecule has 8 aromatic rings. The second-order valence-corrected chi connectivity index (χ2v) is 20.4. The first-order valence-corrected chi connectivity index (χ1v) is 21.8. The van der Waals surface area contributed by atoms with E-state index in [2.05, 4.69) is 153 Å². The van der Waals surface area contributed by atoms with Crippen LogP contribution >= 0.6 is 0 Å². The first-order valence-electron chi connectivity index (χ1n) is 18.3. The third-order valence-electron chi connectivity index (χ3n) is 9.46. The number of fused-ring (bicyclic) bond motifs is 4. The van der Waals surface area contributed by atoms with E-state index in [0.717, 1.165) is 63.0 Å². The third kappa shape index (κ3) is 8.44. The molecule has 0 N–H and O–H groups in total. The Morgan fingerprint density at radius 3 is 2.26 bits per heavy atom. The van der Waals surface area contributed by atoms with Crippen molar-refractivity contribution in [2.75, 3.05) is 0 Å². The quantitative estimate of drug-likeness (QED) is 0.113. The number of para-hydroxylation sites is 2. The Hall–Kier alpha value is -4.68. The molecule has 0 unspecified atom stereocenters. The van der Waals surface area contributed by atoms with Crippen LogP contribution in [0.15, 0.2) is 120 Å². The average molecular weight is 891 g/mol. The molecular weight excluding hydrogens is 845 g/mol. The summed E-state index contributed by atoms with van der Waals surface area (Å²) in [5, 5.41) is 3.55. The van der Waals surface area contributed by atoms with E-state index in [1.807, 2.05) is 36.4 Å². The fourth-order valence-corrected chi connectivity index (χ4v) is 8.38. The second kappa shape index (κ2) is 16.1. The molecule has 0 fully saturated rings. The summed E-state index contributed by atoms with van der Waals surface area (Å²) in [4.78, 5) is 14.2. The number of imidazole rings is 1. The molecule has 7 heteroatoms. The van der Waals surface area contributed by atoms with E-state index in [9.17, 15) is 0 Å². The van der Waals surface area contributed by atoms with E-state index in [-0.39, 0.29) is 20.1 Å². The Labute approximate surface area is 327 Å². The number of hydrogen-bond acceptors (Lipinski definition) is 4. The summed E-state index contributed by atoms with van der Waals surface area (Å²) < 4.78 is 8.29. The summed E-state index contributed by atoms with van der Waals surface area (Å²) in [6.07, 6.45) is 6.42. The van der Waals surface area contributed by atoms with Gasteiger partial charge in [0.1, 0.15) is 11.3 Å². The van der Waals surface area contributed by atoms with E-state index in [4.69, 9.17) is 9.40 Å². The number of furan rings is 1. The van der Waals surface area contributed by atoms with Gasteiger partial charge in [0, 0.05) is 38.2 Å². The predicted molar refractivity (Wildman–Crippen MR) is 219 cm³/mol. The van der Waals surface area contributed by atoms with Crippen molar-refractivity contribution < 1.29 is 24.5 Å². The number of aromatic nitrogens is 4. The van der Waals surface area contributed by atoms with Crippen molar-refractivity contribution in [3.05, 3.63) is 144 Å². The maximum atomic E-state index is 6.05. The molecule has 5 nitrogen and oxygen atoms in total. The van der Waals surface area contributed by atoms with Crippen LogP contribution in [0.3, 0.4) is 0 Å². The van der Waals surface area contributed by atoms with Gasteiger partial charge in [-0.2, -0.15) is 0 Å². The van der Waals surface area contributed by atoms with Crippen molar-refractivity contribution in [2.24, 2.45) is 5.92 Å². The summed E-state index contributed by atoms with van der Waals surface area (Å²) in [5.74, 6) is 1.97. The predicted octanol–water partition coefficient (Wildman–Crippen LogP) is 11.3. The molecule has 1 radical (unpaired) electrons. The largest absolute Gasteiger partial charge is 0.483 e. The van der Waals surface area contributed by atoms with E-state index >= 15 is 0 Å². The van der Waals surface area contributed by atoms with Crippen LogP contribution in [0.25, 0.3) is 55.7 Å². The molecule has 0 aliphatic heterocycles. The molecule has 0 saturated heterocycles. The average Bonchev–Trinajstić information content (AvgIpc) is 3.69. The Bertz CT molecular complexity index is 2460. The van der Waals surface area contributed by atoms with Crippen molar-refractivity contribution in [3.63, 3.8) is 0 Å². The van der Waals surface area contributed by atoms with Crippen molar-refractivity contribution in [1.29, 1.82) is 0 Å². The van der Waals surface area contributed by atoms with E-state index in [0.29, 0.717) is 17.5 Å². The summed E-state index contributed by atoms with van der Waals surface area (Å²) in [6.45, 7) is 16.8. The SMILES string of the molecule is CC(C)Cc1cc(-c2[c-]cccc2)ncc1[Si](C)(C)C.CC(C)c1ccc2c(c1)oc1n[c-]c(-c3nc4ccccc4n3Cc3ccccc3)cc12.[Ir]. The number of benzene rings is 4. The van der Waals surface area contributed by atoms with Gasteiger partial charge in [0.15, 0.2) is 0 Å². The fraction of sp³-hybridized carbons (Fsp3) is 0.239. The van der Waals surface area contributed by atoms with Crippen LogP contribution in [0.4, 0.5) is 0 Å². The van der Waals surface area contributed by atoms with Crippen LogP contribution < -0.4 is 5.19 Å². The van der Waals surface area contributed by atoms with Gasteiger partial charge in [-0.15, -0.1) is 42.0 Å². The Balaban J connectivity index is 0.000000199. The zero-order valence-electron chi connectivity index (χ0n) is 31.6. The molecule has 53 heavy (non-hydrogen) atoms. The molecular formula is C46H46IrN4OSi-2. The van der Waals surface area contributed by atoms with Crippen LogP contribution in [0, 0.1) is 18.2 Å². The molecule has 271 valence electrons. The van der Waals surface area contributed by atoms with Crippen LogP contribution in [0.2, 0.25) is 19.6 Å². The molecule has 0 aliphatic carbocycles. The summed E-state index contributed by atoms with van der Waals surface area (Å²) >= 11 is 0. The first-order chi connectivity index (χ1) is 25.0. The van der Waals surface area contributed by atoms with Crippen LogP contribution in [-0.4, -0.2) is 27.6 Å². The minimum absolute atomic E-state index is 0. The molecule has 4 heterocycles. The molecule has 4 aromatic heterocycles. The first kappa shape index (κ1) is 38.1. The van der Waals surface area contributed by atoms with Crippen molar-refractivity contribution in [1.82, 2.24) is 19.5 Å². The van der Waals surface area contributed by atoms with Gasteiger partial charge >= 0.3 is 0 Å². The molecule has 0 aliphatic rings. The Morgan fingerprint density at radius 2 is 1.55 bits per heavy atom. The monoisotopic (exact) mass is 891 g/mol. The zero-order chi connectivity index (χ0) is 36.4. The van der Waals surface area contributed by atoms with Gasteiger partial charge in [0.05, 0.1) is 24.9 Å². The molecule has 0 saturated carbocycles. The zero-order valence-corrected chi connectivity index (χ0v) is 35.0. The van der Waals surface area contributed by atoms with E-state index < -0.39 is 8.07 Å². The topological polar surface area (TPSA) is 56.7 Å². The molecule has 4 aromatic carbocycles. The molecule has 8 rings (SSSR count). The minimum Gasteiger partial charge on any atom is -0.483 e. The van der Waals surface area contributed by atoms with Gasteiger partial charge in [-0.25, -0.2) is 0 Å². The van der Waals surface area contributed by atoms with Gasteiger partial charge in [-0.1, -0.05) is 119 Å². The van der Waals surface area contributed by atoms with E-state index in [1.165, 1.54) is 21.9 Å². The number of hydrogen-bond donors (Lipinski definition) is 0. The second-order valence-electron chi connectivity index (χ2n) is 15.4. The number of nitrogens with zero attached hydrogens (tertiary/aromatic N) is 4. The third-order valence-corrected chi connectivity index (χ3v) is 11.5. The minimum atomic E-state index is -1.34. The summed E-state index contributed by atoms with van der Waals surface area (Å²) in [6, 6.07) is 40.8. The van der Waals surface area contributed by atoms with Crippen LogP contribution in [0.5, 0.6) is 0 Å². The Kier molecular flexibility index (Phi) is 11.6. The van der Waals surface area contributed by atoms with Gasteiger partial charge in [0.2, 0.25) is 0 Å². The smallest absolute Gasteiger partial charge is 0.141 e. The number of pyridine rings is 2. The van der Waals surface area contributed by atoms with Crippen molar-refractivity contribution >= 4 is 46.4 Å². The van der Waals surface area contributed by atoms with Crippen molar-refractivity contribution in [3.8, 4) is 22.6 Å². The van der Waals surface area contributed by atoms with E-state index in [1.54, 1.807) is 0 Å². The standard InChI is InChI=1S/C28H22N3O.C18H24NSi.Ir/c1-18(2)20-12-13-22-23-14-21(16-29-28(23)32-26(22)15-20)27-30-24-10-6-7-11-25(24)31(27)17-19-8-4-3-5-9-19;1-14(2)11-16-12-17(15-9-7-6-8-10-15)19-13-18(16)20(3,4)5;/h3-15,18H,17H2,1-2H3;6-9,12-14H,11H2,1-5H3;/q2*-1;. The van der Waals surface area contributed by atoms with Crippen LogP contribution in [0.1, 0.15) is 50.3 Å². The fourth-order valence-electron chi connectivity index (χ4n) is 6.79. The van der Waals surface area contributed by atoms with Crippen LogP contribution in [-0.2, 0) is 33.1 Å². The summed E-state index contributed by atoms with van der Waals surface area (Å²) in [5.41, 5.74) is 10.5.